The summed E-state index contributed by atoms with van der Waals surface area (Å²) in [5, 5.41) is 0. The van der Waals surface area contributed by atoms with Gasteiger partial charge in [0, 0.05) is 4.43 Å². The molecule has 0 aliphatic rings. The van der Waals surface area contributed by atoms with Crippen LogP contribution in [0.3, 0.4) is 0 Å². The third-order valence-electron chi connectivity index (χ3n) is 1.91. The van der Waals surface area contributed by atoms with E-state index >= 15 is 0 Å². The van der Waals surface area contributed by atoms with E-state index in [1.165, 1.54) is 11.1 Å². The SMILES string of the molecule is CC(C)(C)Cc1ccc(CI)cc1. The Hall–Kier alpha value is -0.0500. The summed E-state index contributed by atoms with van der Waals surface area (Å²) in [5.74, 6) is 0. The molecule has 0 spiro atoms. The summed E-state index contributed by atoms with van der Waals surface area (Å²) in [7, 11) is 0. The Morgan fingerprint density at radius 2 is 1.46 bits per heavy atom. The first-order chi connectivity index (χ1) is 6.01. The van der Waals surface area contributed by atoms with Crippen molar-refractivity contribution in [3.8, 4) is 0 Å². The van der Waals surface area contributed by atoms with E-state index < -0.39 is 0 Å². The van der Waals surface area contributed by atoms with E-state index in [1.54, 1.807) is 0 Å². The highest BCUT2D eigenvalue weighted by molar-refractivity contribution is 14.1. The zero-order chi connectivity index (χ0) is 9.90. The Balaban J connectivity index is 2.70. The number of hydrogen-bond acceptors (Lipinski definition) is 0. The average Bonchev–Trinajstić information content (AvgIpc) is 2.03. The fourth-order valence-corrected chi connectivity index (χ4v) is 1.87. The largest absolute Gasteiger partial charge is 0.0812 e. The Kier molecular flexibility index (Phi) is 3.77. The normalized spacial score (nSPS) is 11.7. The van der Waals surface area contributed by atoms with Crippen molar-refractivity contribution in [2.75, 3.05) is 0 Å². The van der Waals surface area contributed by atoms with Gasteiger partial charge in [-0.3, -0.25) is 0 Å². The maximum Gasteiger partial charge on any atom is 0.0247 e. The predicted molar refractivity (Wildman–Crippen MR) is 67.3 cm³/mol. The molecule has 72 valence electrons. The number of rotatable bonds is 2. The molecule has 0 aliphatic heterocycles. The number of hydrogen-bond donors (Lipinski definition) is 0. The van der Waals surface area contributed by atoms with Crippen LogP contribution in [-0.4, -0.2) is 0 Å². The van der Waals surface area contributed by atoms with Gasteiger partial charge in [-0.1, -0.05) is 67.6 Å². The second kappa shape index (κ2) is 4.45. The number of alkyl halides is 1. The van der Waals surface area contributed by atoms with Crippen molar-refractivity contribution in [2.45, 2.75) is 31.6 Å². The van der Waals surface area contributed by atoms with E-state index in [4.69, 9.17) is 0 Å². The molecule has 0 nitrogen and oxygen atoms in total. The first-order valence-corrected chi connectivity index (χ1v) is 6.17. The summed E-state index contributed by atoms with van der Waals surface area (Å²) >= 11 is 2.39. The molecule has 0 atom stereocenters. The van der Waals surface area contributed by atoms with Crippen LogP contribution in [0.15, 0.2) is 24.3 Å². The maximum absolute atomic E-state index is 2.39. The van der Waals surface area contributed by atoms with Crippen molar-refractivity contribution >= 4 is 22.6 Å². The lowest BCUT2D eigenvalue weighted by atomic mass is 9.88. The van der Waals surface area contributed by atoms with Crippen molar-refractivity contribution in [2.24, 2.45) is 5.41 Å². The molecule has 0 radical (unpaired) electrons. The molecule has 0 heterocycles. The van der Waals surface area contributed by atoms with E-state index in [-0.39, 0.29) is 0 Å². The minimum Gasteiger partial charge on any atom is -0.0812 e. The standard InChI is InChI=1S/C12H17I/c1-12(2,3)8-10-4-6-11(9-13)7-5-10/h4-7H,8-9H2,1-3H3. The van der Waals surface area contributed by atoms with Gasteiger partial charge in [0.15, 0.2) is 0 Å². The van der Waals surface area contributed by atoms with E-state index in [2.05, 4.69) is 67.6 Å². The summed E-state index contributed by atoms with van der Waals surface area (Å²) in [6.45, 7) is 6.83. The minimum absolute atomic E-state index is 0.395. The molecular weight excluding hydrogens is 271 g/mol. The van der Waals surface area contributed by atoms with Crippen LogP contribution in [0, 0.1) is 5.41 Å². The van der Waals surface area contributed by atoms with Gasteiger partial charge < -0.3 is 0 Å². The number of halogens is 1. The highest BCUT2D eigenvalue weighted by Crippen LogP contribution is 2.20. The number of benzene rings is 1. The van der Waals surface area contributed by atoms with Crippen LogP contribution in [0.4, 0.5) is 0 Å². The van der Waals surface area contributed by atoms with Crippen LogP contribution in [-0.2, 0) is 10.8 Å². The van der Waals surface area contributed by atoms with Crippen LogP contribution in [0.5, 0.6) is 0 Å². The first-order valence-electron chi connectivity index (χ1n) is 4.65. The van der Waals surface area contributed by atoms with Crippen molar-refractivity contribution < 1.29 is 0 Å². The van der Waals surface area contributed by atoms with Crippen molar-refractivity contribution in [3.63, 3.8) is 0 Å². The van der Waals surface area contributed by atoms with Crippen LogP contribution in [0.2, 0.25) is 0 Å². The van der Waals surface area contributed by atoms with Crippen LogP contribution < -0.4 is 0 Å². The Labute approximate surface area is 94.9 Å². The van der Waals surface area contributed by atoms with Gasteiger partial charge in [0.2, 0.25) is 0 Å². The lowest BCUT2D eigenvalue weighted by molar-refractivity contribution is 0.411. The molecular formula is C12H17I. The quantitative estimate of drug-likeness (QED) is 0.565. The zero-order valence-corrected chi connectivity index (χ0v) is 10.8. The van der Waals surface area contributed by atoms with Crippen LogP contribution >= 0.6 is 22.6 Å². The van der Waals surface area contributed by atoms with Crippen LogP contribution in [0.1, 0.15) is 31.9 Å². The first kappa shape index (κ1) is 11.0. The zero-order valence-electron chi connectivity index (χ0n) is 8.60. The molecule has 0 aromatic heterocycles. The van der Waals surface area contributed by atoms with Gasteiger partial charge in [0.25, 0.3) is 0 Å². The smallest absolute Gasteiger partial charge is 0.0247 e. The lowest BCUT2D eigenvalue weighted by Crippen LogP contribution is -2.08. The van der Waals surface area contributed by atoms with E-state index in [9.17, 15) is 0 Å². The van der Waals surface area contributed by atoms with Gasteiger partial charge in [0.05, 0.1) is 0 Å². The molecule has 0 saturated carbocycles. The van der Waals surface area contributed by atoms with E-state index in [0.717, 1.165) is 10.8 Å². The molecule has 1 aromatic carbocycles. The molecule has 0 N–H and O–H groups in total. The van der Waals surface area contributed by atoms with Gasteiger partial charge in [-0.25, -0.2) is 0 Å². The Morgan fingerprint density at radius 1 is 1.00 bits per heavy atom. The fraction of sp³-hybridized carbons (Fsp3) is 0.500. The lowest BCUT2D eigenvalue weighted by Gasteiger charge is -2.18. The molecule has 1 rings (SSSR count). The summed E-state index contributed by atoms with van der Waals surface area (Å²) in [5.41, 5.74) is 3.26. The average molecular weight is 288 g/mol. The van der Waals surface area contributed by atoms with Gasteiger partial charge in [-0.2, -0.15) is 0 Å². The van der Waals surface area contributed by atoms with Gasteiger partial charge in [-0.15, -0.1) is 0 Å². The third-order valence-corrected chi connectivity index (χ3v) is 2.79. The molecule has 1 heteroatoms. The highest BCUT2D eigenvalue weighted by atomic mass is 127. The molecule has 0 aliphatic carbocycles. The molecule has 0 amide bonds. The third kappa shape index (κ3) is 4.12. The molecule has 0 saturated heterocycles. The van der Waals surface area contributed by atoms with E-state index in [1.807, 2.05) is 0 Å². The summed E-state index contributed by atoms with van der Waals surface area (Å²) in [6.07, 6.45) is 1.16. The molecule has 0 unspecified atom stereocenters. The van der Waals surface area contributed by atoms with Gasteiger partial charge >= 0.3 is 0 Å². The van der Waals surface area contributed by atoms with Crippen molar-refractivity contribution in [1.29, 1.82) is 0 Å². The maximum atomic E-state index is 2.39. The molecule has 1 aromatic rings. The second-order valence-corrected chi connectivity index (χ2v) is 5.45. The van der Waals surface area contributed by atoms with Crippen molar-refractivity contribution in [3.05, 3.63) is 35.4 Å². The van der Waals surface area contributed by atoms with E-state index in [0.29, 0.717) is 5.41 Å². The Bertz CT molecular complexity index is 253. The summed E-state index contributed by atoms with van der Waals surface area (Å²) in [6, 6.07) is 8.96. The summed E-state index contributed by atoms with van der Waals surface area (Å²) < 4.78 is 1.10. The molecule has 0 bridgehead atoms. The summed E-state index contributed by atoms with van der Waals surface area (Å²) in [4.78, 5) is 0. The predicted octanol–water partition coefficient (Wildman–Crippen LogP) is 4.21. The monoisotopic (exact) mass is 288 g/mol. The molecule has 0 fully saturated rings. The topological polar surface area (TPSA) is 0 Å². The molecule has 13 heavy (non-hydrogen) atoms. The minimum atomic E-state index is 0.395. The van der Waals surface area contributed by atoms with Crippen molar-refractivity contribution in [1.82, 2.24) is 0 Å². The Morgan fingerprint density at radius 3 is 1.85 bits per heavy atom. The van der Waals surface area contributed by atoms with Gasteiger partial charge in [-0.05, 0) is 23.0 Å². The van der Waals surface area contributed by atoms with Crippen LogP contribution in [0.25, 0.3) is 0 Å². The fourth-order valence-electron chi connectivity index (χ4n) is 1.36. The highest BCUT2D eigenvalue weighted by Gasteiger charge is 2.10. The second-order valence-electron chi connectivity index (χ2n) is 4.69. The van der Waals surface area contributed by atoms with Gasteiger partial charge in [0.1, 0.15) is 0 Å².